The number of methoxy groups -OCH3 is 2. The van der Waals surface area contributed by atoms with Gasteiger partial charge in [-0.15, -0.1) is 5.06 Å². The van der Waals surface area contributed by atoms with E-state index in [0.717, 1.165) is 39.3 Å². The summed E-state index contributed by atoms with van der Waals surface area (Å²) >= 11 is 0. The minimum atomic E-state index is -0.680. The molecule has 5 aromatic rings. The molecule has 4 amide bonds. The Hall–Kier alpha value is -8.05. The molecule has 1 saturated heterocycles. The van der Waals surface area contributed by atoms with Crippen LogP contribution in [0.15, 0.2) is 101 Å². The second kappa shape index (κ2) is 20.7. The fraction of sp³-hybridized carbons (Fsp3) is 0.327. The van der Waals surface area contributed by atoms with E-state index in [0.29, 0.717) is 103 Å². The van der Waals surface area contributed by atoms with Crippen molar-refractivity contribution < 1.29 is 52.5 Å². The van der Waals surface area contributed by atoms with Crippen molar-refractivity contribution in [1.82, 2.24) is 5.06 Å². The topological polar surface area (TPSA) is 178 Å². The van der Waals surface area contributed by atoms with Crippen LogP contribution in [0.4, 0.5) is 28.4 Å². The lowest BCUT2D eigenvalue weighted by Crippen LogP contribution is -2.37. The minimum absolute atomic E-state index is 0.00871. The number of hydrogen-bond acceptors (Lipinski definition) is 14. The van der Waals surface area contributed by atoms with Crippen molar-refractivity contribution in [2.75, 3.05) is 55.2 Å². The number of nitrogens with zero attached hydrogens (tertiary/aromatic N) is 6. The van der Waals surface area contributed by atoms with Crippen LogP contribution in [-0.4, -0.2) is 99.7 Å². The molecular formula is C55H54N6O11. The van der Waals surface area contributed by atoms with Crippen LogP contribution in [0.1, 0.15) is 82.0 Å². The third-order valence-electron chi connectivity index (χ3n) is 13.4. The predicted octanol–water partition coefficient (Wildman–Crippen LogP) is 8.06. The molecule has 72 heavy (non-hydrogen) atoms. The van der Waals surface area contributed by atoms with E-state index in [2.05, 4.69) is 4.90 Å². The zero-order valence-corrected chi connectivity index (χ0v) is 40.3. The molecule has 17 heteroatoms. The molecular weight excluding hydrogens is 921 g/mol. The lowest BCUT2D eigenvalue weighted by Gasteiger charge is -2.26. The average molecular weight is 975 g/mol. The Kier molecular flexibility index (Phi) is 13.7. The molecule has 0 aromatic heterocycles. The number of ether oxygens (including phenoxy) is 5. The number of imide groups is 1. The van der Waals surface area contributed by atoms with E-state index in [1.165, 1.54) is 14.2 Å². The number of benzene rings is 5. The van der Waals surface area contributed by atoms with E-state index in [-0.39, 0.29) is 56.4 Å². The van der Waals surface area contributed by atoms with Crippen LogP contribution < -0.4 is 33.6 Å². The summed E-state index contributed by atoms with van der Waals surface area (Å²) in [6.45, 7) is 4.13. The standard InChI is InChI=1S/C55H54N6O11/c1-4-69-20-10-19-58(18-9-15-53(64)72-61-51(62)16-17-52(61)63)38-22-34(32-70-49-28-43-41(26-47(49)67-2)54(65)59-39(30-56-43)24-36-11-5-7-13-45(36)59)21-35(23-38)33-71-50-29-44-42(27-48(50)68-3)55(66)60-40(31-57-44)25-37-12-6-8-14-46(37)60/h5-8,11-14,21-23,26-31,39-40H,4,9-10,15-20,24-25,32-33H2,1-3H3/t39-,40-/m0/s1. The first-order valence-corrected chi connectivity index (χ1v) is 24.2. The van der Waals surface area contributed by atoms with Gasteiger partial charge < -0.3 is 33.4 Å². The minimum Gasteiger partial charge on any atom is -0.493 e. The Morgan fingerprint density at radius 3 is 1.68 bits per heavy atom. The van der Waals surface area contributed by atoms with Crippen molar-refractivity contribution in [3.8, 4) is 23.0 Å². The maximum Gasteiger partial charge on any atom is 0.333 e. The molecule has 0 N–H and O–H groups in total. The summed E-state index contributed by atoms with van der Waals surface area (Å²) in [5, 5.41) is 0.564. The van der Waals surface area contributed by atoms with E-state index < -0.39 is 17.8 Å². The summed E-state index contributed by atoms with van der Waals surface area (Å²) < 4.78 is 30.4. The number of carbonyl (C=O) groups is 5. The van der Waals surface area contributed by atoms with Crippen molar-refractivity contribution in [3.05, 3.63) is 124 Å². The molecule has 370 valence electrons. The highest BCUT2D eigenvalue weighted by atomic mass is 16.7. The Labute approximate surface area is 416 Å². The van der Waals surface area contributed by atoms with Gasteiger partial charge in [0.1, 0.15) is 13.2 Å². The summed E-state index contributed by atoms with van der Waals surface area (Å²) in [4.78, 5) is 85.9. The smallest absolute Gasteiger partial charge is 0.333 e. The highest BCUT2D eigenvalue weighted by molar-refractivity contribution is 6.16. The highest BCUT2D eigenvalue weighted by Gasteiger charge is 2.38. The van der Waals surface area contributed by atoms with E-state index >= 15 is 0 Å². The van der Waals surface area contributed by atoms with Crippen LogP contribution in [0.25, 0.3) is 0 Å². The van der Waals surface area contributed by atoms with Crippen molar-refractivity contribution in [2.24, 2.45) is 9.98 Å². The Morgan fingerprint density at radius 2 is 1.17 bits per heavy atom. The third-order valence-corrected chi connectivity index (χ3v) is 13.4. The van der Waals surface area contributed by atoms with Crippen LogP contribution in [0, 0.1) is 0 Å². The second-order valence-electron chi connectivity index (χ2n) is 18.0. The molecule has 0 radical (unpaired) electrons. The maximum absolute atomic E-state index is 14.1. The van der Waals surface area contributed by atoms with Gasteiger partial charge in [-0.1, -0.05) is 36.4 Å². The first-order valence-electron chi connectivity index (χ1n) is 24.2. The summed E-state index contributed by atoms with van der Waals surface area (Å²) in [7, 11) is 3.06. The highest BCUT2D eigenvalue weighted by Crippen LogP contribution is 2.43. The Morgan fingerprint density at radius 1 is 0.653 bits per heavy atom. The molecule has 1 fully saturated rings. The van der Waals surface area contributed by atoms with E-state index in [9.17, 15) is 24.0 Å². The molecule has 2 atom stereocenters. The second-order valence-corrected chi connectivity index (χ2v) is 18.0. The average Bonchev–Trinajstić information content (AvgIpc) is 4.01. The Bertz CT molecular complexity index is 2850. The van der Waals surface area contributed by atoms with Crippen LogP contribution in [-0.2, 0) is 50.0 Å². The van der Waals surface area contributed by atoms with Gasteiger partial charge in [0.2, 0.25) is 0 Å². The predicted molar refractivity (Wildman–Crippen MR) is 269 cm³/mol. The number of para-hydroxylation sites is 2. The number of carbonyl (C=O) groups excluding carboxylic acids is 5. The number of hydrogen-bond donors (Lipinski definition) is 0. The molecule has 10 rings (SSSR count). The van der Waals surface area contributed by atoms with Gasteiger partial charge in [0.05, 0.1) is 48.8 Å². The van der Waals surface area contributed by atoms with Gasteiger partial charge in [0.25, 0.3) is 23.6 Å². The quantitative estimate of drug-likeness (QED) is 0.0575. The molecule has 0 saturated carbocycles. The normalized spacial score (nSPS) is 17.1. The molecule has 0 bridgehead atoms. The number of anilines is 3. The summed E-state index contributed by atoms with van der Waals surface area (Å²) in [5.41, 5.74) is 7.97. The number of aliphatic imine (C=N–C) groups is 2. The van der Waals surface area contributed by atoms with Gasteiger partial charge in [-0.3, -0.25) is 39.0 Å². The van der Waals surface area contributed by atoms with Crippen LogP contribution in [0.5, 0.6) is 23.0 Å². The molecule has 5 aromatic carbocycles. The summed E-state index contributed by atoms with van der Waals surface area (Å²) in [6.07, 6.45) is 5.95. The molecule has 0 unspecified atom stereocenters. The fourth-order valence-electron chi connectivity index (χ4n) is 9.88. The van der Waals surface area contributed by atoms with Crippen molar-refractivity contribution in [2.45, 2.75) is 77.2 Å². The van der Waals surface area contributed by atoms with Gasteiger partial charge in [0.15, 0.2) is 23.0 Å². The lowest BCUT2D eigenvalue weighted by atomic mass is 10.1. The number of fused-ring (bicyclic) bond motifs is 8. The Balaban J connectivity index is 0.932. The number of hydroxylamine groups is 2. The van der Waals surface area contributed by atoms with Crippen LogP contribution in [0.3, 0.4) is 0 Å². The SMILES string of the molecule is CCOCCCN(CCCC(=O)ON1C(=O)CCC1=O)c1cc(COc2cc3c(cc2OC)C(=O)N2c4ccccc4C[C@H]2C=N3)cc(COc2cc3c(cc2OC)C(=O)N2c4ccccc4C[C@H]2C=N3)c1. The van der Waals surface area contributed by atoms with Gasteiger partial charge in [0, 0.05) is 100 Å². The van der Waals surface area contributed by atoms with Crippen LogP contribution in [0.2, 0.25) is 0 Å². The third kappa shape index (κ3) is 9.59. The van der Waals surface area contributed by atoms with Gasteiger partial charge in [-0.05, 0) is 84.5 Å². The number of rotatable bonds is 19. The maximum atomic E-state index is 14.1. The monoisotopic (exact) mass is 974 g/mol. The van der Waals surface area contributed by atoms with Crippen molar-refractivity contribution >= 4 is 70.5 Å². The van der Waals surface area contributed by atoms with Gasteiger partial charge in [-0.2, -0.15) is 0 Å². The lowest BCUT2D eigenvalue weighted by molar-refractivity contribution is -0.197. The molecule has 5 aliphatic rings. The van der Waals surface area contributed by atoms with Crippen LogP contribution >= 0.6 is 0 Å². The van der Waals surface area contributed by atoms with E-state index in [4.69, 9.17) is 38.5 Å². The largest absolute Gasteiger partial charge is 0.493 e. The summed E-state index contributed by atoms with van der Waals surface area (Å²) in [5.74, 6) is -0.584. The van der Waals surface area contributed by atoms with Gasteiger partial charge in [-0.25, -0.2) is 4.79 Å². The fourth-order valence-corrected chi connectivity index (χ4v) is 9.88. The molecule has 0 spiro atoms. The van der Waals surface area contributed by atoms with Crippen molar-refractivity contribution in [1.29, 1.82) is 0 Å². The molecule has 0 aliphatic carbocycles. The van der Waals surface area contributed by atoms with Crippen molar-refractivity contribution in [3.63, 3.8) is 0 Å². The number of amides is 4. The first-order chi connectivity index (χ1) is 35.1. The first kappa shape index (κ1) is 47.6. The summed E-state index contributed by atoms with van der Waals surface area (Å²) in [6, 6.07) is 28.1. The molecule has 5 heterocycles. The van der Waals surface area contributed by atoms with E-state index in [1.807, 2.05) is 86.1 Å². The zero-order valence-electron chi connectivity index (χ0n) is 40.3. The molecule has 17 nitrogen and oxygen atoms in total. The zero-order chi connectivity index (χ0) is 49.9. The van der Waals surface area contributed by atoms with E-state index in [1.54, 1.807) is 34.1 Å². The molecule has 5 aliphatic heterocycles. The van der Waals surface area contributed by atoms with Gasteiger partial charge >= 0.3 is 5.97 Å².